The molecule has 166 valence electrons. The van der Waals surface area contributed by atoms with Crippen molar-refractivity contribution in [3.63, 3.8) is 0 Å². The Morgan fingerprint density at radius 2 is 1.00 bits per heavy atom. The molecule has 8 nitrogen and oxygen atoms in total. The van der Waals surface area contributed by atoms with Gasteiger partial charge in [0, 0.05) is 26.2 Å². The van der Waals surface area contributed by atoms with Gasteiger partial charge in [-0.25, -0.2) is 9.59 Å². The van der Waals surface area contributed by atoms with Gasteiger partial charge in [-0.05, 0) is 50.6 Å². The van der Waals surface area contributed by atoms with Crippen LogP contribution in [0.2, 0.25) is 0 Å². The minimum absolute atomic E-state index is 0.293. The molecule has 0 aromatic carbocycles. The molecule has 8 heteroatoms. The van der Waals surface area contributed by atoms with Gasteiger partial charge in [-0.1, -0.05) is 27.7 Å². The summed E-state index contributed by atoms with van der Waals surface area (Å²) in [7, 11) is 0. The van der Waals surface area contributed by atoms with Gasteiger partial charge in [-0.2, -0.15) is 0 Å². The smallest absolute Gasteiger partial charge is 0.409 e. The van der Waals surface area contributed by atoms with Crippen LogP contribution in [0.3, 0.4) is 0 Å². The van der Waals surface area contributed by atoms with Crippen LogP contribution in [0.1, 0.15) is 53.4 Å². The Labute approximate surface area is 170 Å². The van der Waals surface area contributed by atoms with Gasteiger partial charge in [-0.15, -0.1) is 0 Å². The maximum atomic E-state index is 12.2. The number of carbonyl (C=O) groups is 2. The van der Waals surface area contributed by atoms with Gasteiger partial charge < -0.3 is 30.7 Å². The first-order valence-electron chi connectivity index (χ1n) is 10.5. The Hall–Kier alpha value is -1.54. The monoisotopic (exact) mass is 402 g/mol. The second-order valence-corrected chi connectivity index (χ2v) is 7.91. The molecule has 0 aromatic heterocycles. The lowest BCUT2D eigenvalue weighted by atomic mass is 10.2. The van der Waals surface area contributed by atoms with Crippen molar-refractivity contribution < 1.29 is 19.1 Å². The van der Waals surface area contributed by atoms with E-state index >= 15 is 0 Å². The third-order valence-electron chi connectivity index (χ3n) is 3.97. The van der Waals surface area contributed by atoms with E-state index in [1.165, 1.54) is 0 Å². The van der Waals surface area contributed by atoms with Crippen molar-refractivity contribution in [2.75, 3.05) is 52.5 Å². The third-order valence-corrected chi connectivity index (χ3v) is 3.97. The molecule has 0 spiro atoms. The topological polar surface area (TPSA) is 111 Å². The summed E-state index contributed by atoms with van der Waals surface area (Å²) in [5.41, 5.74) is 11.2. The SMILES string of the molecule is CC(C)COC(=O)N(CCCN)CCCCN(CCCN)C(=O)OCC(C)C. The number of hydrogen-bond acceptors (Lipinski definition) is 6. The molecule has 0 aliphatic heterocycles. The van der Waals surface area contributed by atoms with Gasteiger partial charge in [0.1, 0.15) is 0 Å². The maximum Gasteiger partial charge on any atom is 0.409 e. The van der Waals surface area contributed by atoms with Crippen molar-refractivity contribution in [1.29, 1.82) is 0 Å². The number of ether oxygens (including phenoxy) is 2. The minimum atomic E-state index is -0.293. The number of nitrogens with zero attached hydrogens (tertiary/aromatic N) is 2. The second kappa shape index (κ2) is 16.4. The molecule has 28 heavy (non-hydrogen) atoms. The van der Waals surface area contributed by atoms with Gasteiger partial charge in [0.05, 0.1) is 13.2 Å². The summed E-state index contributed by atoms with van der Waals surface area (Å²) in [5.74, 6) is 0.599. The van der Waals surface area contributed by atoms with Crippen molar-refractivity contribution in [2.45, 2.75) is 53.4 Å². The lowest BCUT2D eigenvalue weighted by Gasteiger charge is -2.25. The summed E-state index contributed by atoms with van der Waals surface area (Å²) in [5, 5.41) is 0. The zero-order valence-electron chi connectivity index (χ0n) is 18.3. The largest absolute Gasteiger partial charge is 0.449 e. The molecule has 0 aliphatic rings. The van der Waals surface area contributed by atoms with Crippen molar-refractivity contribution >= 4 is 12.2 Å². The first-order valence-corrected chi connectivity index (χ1v) is 10.5. The molecule has 2 amide bonds. The van der Waals surface area contributed by atoms with E-state index in [1.807, 2.05) is 27.7 Å². The van der Waals surface area contributed by atoms with E-state index in [4.69, 9.17) is 20.9 Å². The van der Waals surface area contributed by atoms with E-state index in [9.17, 15) is 9.59 Å². The van der Waals surface area contributed by atoms with Crippen molar-refractivity contribution in [2.24, 2.45) is 23.3 Å². The van der Waals surface area contributed by atoms with Crippen LogP contribution < -0.4 is 11.5 Å². The highest BCUT2D eigenvalue weighted by Crippen LogP contribution is 2.06. The highest BCUT2D eigenvalue weighted by Gasteiger charge is 2.17. The zero-order valence-corrected chi connectivity index (χ0v) is 18.3. The second-order valence-electron chi connectivity index (χ2n) is 7.91. The normalized spacial score (nSPS) is 11.0. The van der Waals surface area contributed by atoms with Gasteiger partial charge in [0.2, 0.25) is 0 Å². The summed E-state index contributed by atoms with van der Waals surface area (Å²) in [4.78, 5) is 27.9. The molecule has 0 saturated heterocycles. The molecule has 0 aliphatic carbocycles. The lowest BCUT2D eigenvalue weighted by Crippen LogP contribution is -2.37. The maximum absolute atomic E-state index is 12.2. The van der Waals surface area contributed by atoms with Crippen LogP contribution in [-0.4, -0.2) is 74.5 Å². The van der Waals surface area contributed by atoms with E-state index in [0.29, 0.717) is 64.3 Å². The van der Waals surface area contributed by atoms with Gasteiger partial charge >= 0.3 is 12.2 Å². The number of unbranched alkanes of at least 4 members (excludes halogenated alkanes) is 1. The highest BCUT2D eigenvalue weighted by molar-refractivity contribution is 5.68. The average Bonchev–Trinajstić information content (AvgIpc) is 2.65. The van der Waals surface area contributed by atoms with Gasteiger partial charge in [0.15, 0.2) is 0 Å². The molecular weight excluding hydrogens is 360 g/mol. The number of nitrogens with two attached hydrogens (primary N) is 2. The van der Waals surface area contributed by atoms with E-state index in [1.54, 1.807) is 9.80 Å². The molecule has 0 saturated carbocycles. The Balaban J connectivity index is 4.46. The van der Waals surface area contributed by atoms with E-state index in [2.05, 4.69) is 0 Å². The van der Waals surface area contributed by atoms with Crippen LogP contribution in [0.15, 0.2) is 0 Å². The van der Waals surface area contributed by atoms with Crippen molar-refractivity contribution in [3.8, 4) is 0 Å². The number of rotatable bonds is 15. The Bertz CT molecular complexity index is 381. The number of hydrogen-bond donors (Lipinski definition) is 2. The molecule has 0 rings (SSSR count). The quantitative estimate of drug-likeness (QED) is 0.407. The Morgan fingerprint density at radius 1 is 0.679 bits per heavy atom. The average molecular weight is 403 g/mol. The number of carbonyl (C=O) groups excluding carboxylic acids is 2. The fourth-order valence-corrected chi connectivity index (χ4v) is 2.42. The molecule has 0 atom stereocenters. The molecule has 0 unspecified atom stereocenters. The first kappa shape index (κ1) is 26.5. The minimum Gasteiger partial charge on any atom is -0.449 e. The molecule has 0 bridgehead atoms. The van der Waals surface area contributed by atoms with E-state index in [-0.39, 0.29) is 12.2 Å². The summed E-state index contributed by atoms with van der Waals surface area (Å²) in [6.07, 6.45) is 2.44. The summed E-state index contributed by atoms with van der Waals surface area (Å²) in [6.45, 7) is 12.2. The Kier molecular flexibility index (Phi) is 15.5. The molecule has 4 N–H and O–H groups in total. The fourth-order valence-electron chi connectivity index (χ4n) is 2.42. The van der Waals surface area contributed by atoms with Crippen LogP contribution in [0, 0.1) is 11.8 Å². The molecule has 0 radical (unpaired) electrons. The van der Waals surface area contributed by atoms with Gasteiger partial charge in [0.25, 0.3) is 0 Å². The molecule has 0 fully saturated rings. The summed E-state index contributed by atoms with van der Waals surface area (Å²) in [6, 6.07) is 0. The van der Waals surface area contributed by atoms with Crippen molar-refractivity contribution in [1.82, 2.24) is 9.80 Å². The van der Waals surface area contributed by atoms with E-state index < -0.39 is 0 Å². The molecule has 0 aromatic rings. The molecular formula is C20H42N4O4. The highest BCUT2D eigenvalue weighted by atomic mass is 16.6. The van der Waals surface area contributed by atoms with Gasteiger partial charge in [-0.3, -0.25) is 0 Å². The fraction of sp³-hybridized carbons (Fsp3) is 0.900. The predicted molar refractivity (Wildman–Crippen MR) is 112 cm³/mol. The van der Waals surface area contributed by atoms with Crippen LogP contribution >= 0.6 is 0 Å². The predicted octanol–water partition coefficient (Wildman–Crippen LogP) is 2.65. The number of amides is 2. The van der Waals surface area contributed by atoms with Crippen LogP contribution in [0.25, 0.3) is 0 Å². The summed E-state index contributed by atoms with van der Waals surface area (Å²) < 4.78 is 10.7. The van der Waals surface area contributed by atoms with Crippen LogP contribution in [0.4, 0.5) is 9.59 Å². The third kappa shape index (κ3) is 13.6. The van der Waals surface area contributed by atoms with Crippen molar-refractivity contribution in [3.05, 3.63) is 0 Å². The summed E-state index contributed by atoms with van der Waals surface area (Å²) >= 11 is 0. The Morgan fingerprint density at radius 3 is 1.29 bits per heavy atom. The molecule has 0 heterocycles. The van der Waals surface area contributed by atoms with E-state index in [0.717, 1.165) is 25.7 Å². The first-order chi connectivity index (χ1) is 13.3. The zero-order chi connectivity index (χ0) is 21.4. The van der Waals surface area contributed by atoms with Crippen LogP contribution in [0.5, 0.6) is 0 Å². The van der Waals surface area contributed by atoms with Crippen LogP contribution in [-0.2, 0) is 9.47 Å². The standard InChI is InChI=1S/C20H42N4O4/c1-17(2)15-27-19(25)23(13-7-9-21)11-5-6-12-24(14-8-10-22)20(26)28-16-18(3)4/h17-18H,5-16,21-22H2,1-4H3. The lowest BCUT2D eigenvalue weighted by molar-refractivity contribution is 0.0860.